The SMILES string of the molecule is CC.[2H]c1cc(S(=C)C[C-](F)F)[c-]cc1C.[W].[Y]. The van der Waals surface area contributed by atoms with Crippen molar-refractivity contribution in [2.75, 3.05) is 5.75 Å². The number of benzene rings is 1. The van der Waals surface area contributed by atoms with Crippen molar-refractivity contribution in [3.8, 4) is 0 Å². The summed E-state index contributed by atoms with van der Waals surface area (Å²) in [6.07, 6.45) is -1.62. The van der Waals surface area contributed by atoms with Crippen molar-refractivity contribution in [2.24, 2.45) is 0 Å². The second-order valence-electron chi connectivity index (χ2n) is 2.60. The quantitative estimate of drug-likeness (QED) is 0.426. The molecule has 0 saturated heterocycles. The van der Waals surface area contributed by atoms with Gasteiger partial charge in [-0.05, 0) is 0 Å². The largest absolute Gasteiger partial charge is 0.420 e. The summed E-state index contributed by atoms with van der Waals surface area (Å²) >= 11 is 0. The van der Waals surface area contributed by atoms with Crippen molar-refractivity contribution in [3.05, 3.63) is 36.2 Å². The van der Waals surface area contributed by atoms with Crippen LogP contribution in [-0.4, -0.2) is 11.6 Å². The molecule has 0 heterocycles. The predicted octanol–water partition coefficient (Wildman–Crippen LogP) is 4.30. The van der Waals surface area contributed by atoms with Crippen molar-refractivity contribution < 1.29 is 63.9 Å². The maximum absolute atomic E-state index is 12.0. The Kier molecular flexibility index (Phi) is 16.2. The molecule has 17 heavy (non-hydrogen) atoms. The van der Waals surface area contributed by atoms with E-state index in [2.05, 4.69) is 11.9 Å². The van der Waals surface area contributed by atoms with E-state index >= 15 is 0 Å². The molecule has 0 nitrogen and oxygen atoms in total. The van der Waals surface area contributed by atoms with Crippen LogP contribution in [0.3, 0.4) is 0 Å². The van der Waals surface area contributed by atoms with Gasteiger partial charge in [0.1, 0.15) is 0 Å². The zero-order chi connectivity index (χ0) is 12.7. The summed E-state index contributed by atoms with van der Waals surface area (Å²) in [7, 11) is -0.795. The van der Waals surface area contributed by atoms with Gasteiger partial charge in [0.05, 0.1) is 0 Å². The van der Waals surface area contributed by atoms with Crippen LogP contribution < -0.4 is 0 Å². The van der Waals surface area contributed by atoms with Gasteiger partial charge >= 0.3 is 0 Å². The Labute approximate surface area is 146 Å². The van der Waals surface area contributed by atoms with Gasteiger partial charge in [0.25, 0.3) is 0 Å². The zero-order valence-corrected chi connectivity index (χ0v) is 16.8. The second-order valence-corrected chi connectivity index (χ2v) is 4.31. The molecule has 1 rings (SSSR count). The first-order chi connectivity index (χ1) is 7.50. The molecule has 1 radical (unpaired) electrons. The minimum atomic E-state index is -1.62. The third-order valence-corrected chi connectivity index (χ3v) is 2.88. The molecule has 95 valence electrons. The molecule has 0 bridgehead atoms. The number of halogens is 2. The molecule has 0 saturated carbocycles. The Hall–Kier alpha value is 1.09. The third kappa shape index (κ3) is 10.7. The number of rotatable bonds is 3. The van der Waals surface area contributed by atoms with Crippen LogP contribution >= 0.6 is 10.5 Å². The number of hydrogen-bond acceptors (Lipinski definition) is 0. The maximum atomic E-state index is 12.0. The summed E-state index contributed by atoms with van der Waals surface area (Å²) in [5.74, 6) is 3.30. The normalized spacial score (nSPS) is 11.3. The minimum absolute atomic E-state index is 0. The fraction of sp³-hybridized carbons (Fsp3) is 0.333. The molecular weight excluding hydrogens is 487 g/mol. The summed E-state index contributed by atoms with van der Waals surface area (Å²) in [6.45, 7) is 5.78. The molecule has 0 aliphatic heterocycles. The van der Waals surface area contributed by atoms with Gasteiger partial charge in [-0.15, -0.1) is 4.90 Å². The molecular formula is C12H16F2SWY-2. The standard InChI is InChI=1S/C10H10F2S.C2H6.W.Y/c1-8-3-5-9(6-4-8)13(2)7-10(11)12;1-2;;/h3-5H,2,7H2,1H3;1-2H3;;/q-2;;;/i3D;;;. The molecule has 0 aliphatic rings. The molecule has 5 heteroatoms. The molecule has 0 fully saturated rings. The van der Waals surface area contributed by atoms with Crippen LogP contribution in [-0.2, 0) is 53.8 Å². The molecule has 0 aliphatic carbocycles. The van der Waals surface area contributed by atoms with Gasteiger partial charge in [0, 0.05) is 61.6 Å². The van der Waals surface area contributed by atoms with Crippen molar-refractivity contribution >= 4 is 16.4 Å². The fourth-order valence-electron chi connectivity index (χ4n) is 0.818. The fourth-order valence-corrected chi connectivity index (χ4v) is 1.69. The van der Waals surface area contributed by atoms with E-state index in [4.69, 9.17) is 1.37 Å². The van der Waals surface area contributed by atoms with Gasteiger partial charge in [-0.1, -0.05) is 32.4 Å². The van der Waals surface area contributed by atoms with Gasteiger partial charge in [0.15, 0.2) is 0 Å². The van der Waals surface area contributed by atoms with Crippen molar-refractivity contribution in [1.82, 2.24) is 0 Å². The maximum Gasteiger partial charge on any atom is 0.0340 e. The molecule has 0 spiro atoms. The summed E-state index contributed by atoms with van der Waals surface area (Å²) in [5.41, 5.74) is 0.787. The average Bonchev–Trinajstić information content (AvgIpc) is 2.24. The first-order valence-corrected chi connectivity index (χ1v) is 6.23. The summed E-state index contributed by atoms with van der Waals surface area (Å²) in [6, 6.07) is 6.40. The molecule has 1 aromatic carbocycles. The Balaban J connectivity index is -0.000000534. The first kappa shape index (κ1) is 20.4. The van der Waals surface area contributed by atoms with E-state index in [0.717, 1.165) is 5.56 Å². The summed E-state index contributed by atoms with van der Waals surface area (Å²) in [5, 5.41) is 0. The molecule has 1 atom stereocenters. The van der Waals surface area contributed by atoms with Crippen LogP contribution in [0.5, 0.6) is 0 Å². The minimum Gasteiger partial charge on any atom is -0.420 e. The average molecular weight is 504 g/mol. The van der Waals surface area contributed by atoms with E-state index in [1.54, 1.807) is 19.1 Å². The van der Waals surface area contributed by atoms with Crippen LogP contribution in [0.25, 0.3) is 0 Å². The van der Waals surface area contributed by atoms with Gasteiger partial charge in [-0.25, -0.2) is 10.5 Å². The van der Waals surface area contributed by atoms with Crippen molar-refractivity contribution in [2.45, 2.75) is 25.7 Å². The Bertz CT molecular complexity index is 362. The van der Waals surface area contributed by atoms with Crippen molar-refractivity contribution in [3.63, 3.8) is 0 Å². The molecule has 0 N–H and O–H groups in total. The van der Waals surface area contributed by atoms with E-state index in [0.29, 0.717) is 10.9 Å². The van der Waals surface area contributed by atoms with E-state index in [1.165, 1.54) is 0 Å². The molecule has 1 unspecified atom stereocenters. The third-order valence-electron chi connectivity index (χ3n) is 1.46. The topological polar surface area (TPSA) is 0 Å². The van der Waals surface area contributed by atoms with Crippen LogP contribution in [0.4, 0.5) is 8.78 Å². The monoisotopic (exact) mass is 504 g/mol. The van der Waals surface area contributed by atoms with Crippen LogP contribution in [0.2, 0.25) is 0 Å². The second kappa shape index (κ2) is 13.5. The van der Waals surface area contributed by atoms with Gasteiger partial charge < -0.3 is 8.78 Å². The van der Waals surface area contributed by atoms with Gasteiger partial charge in [-0.3, -0.25) is 0 Å². The first-order valence-electron chi connectivity index (χ1n) is 5.17. The van der Waals surface area contributed by atoms with Crippen LogP contribution in [0.1, 0.15) is 20.8 Å². The molecule has 1 aromatic rings. The smallest absolute Gasteiger partial charge is 0.0340 e. The van der Waals surface area contributed by atoms with E-state index in [9.17, 15) is 8.78 Å². The molecule has 0 aromatic heterocycles. The van der Waals surface area contributed by atoms with Crippen LogP contribution in [0.15, 0.2) is 23.1 Å². The number of hydrogen-bond donors (Lipinski definition) is 0. The summed E-state index contributed by atoms with van der Waals surface area (Å²) in [4.78, 5) is 0.591. The van der Waals surface area contributed by atoms with Crippen LogP contribution in [0, 0.1) is 19.4 Å². The molecule has 0 amide bonds. The van der Waals surface area contributed by atoms with E-state index < -0.39 is 16.9 Å². The predicted molar refractivity (Wildman–Crippen MR) is 64.7 cm³/mol. The Morgan fingerprint density at radius 2 is 2.06 bits per heavy atom. The van der Waals surface area contributed by atoms with E-state index in [-0.39, 0.29) is 59.5 Å². The van der Waals surface area contributed by atoms with Gasteiger partial charge in [-0.2, -0.15) is 29.8 Å². The Morgan fingerprint density at radius 3 is 2.47 bits per heavy atom. The van der Waals surface area contributed by atoms with Crippen molar-refractivity contribution in [1.29, 1.82) is 0 Å². The Morgan fingerprint density at radius 1 is 1.53 bits per heavy atom. The van der Waals surface area contributed by atoms with Gasteiger partial charge in [0.2, 0.25) is 0 Å². The van der Waals surface area contributed by atoms with E-state index in [1.807, 2.05) is 13.8 Å². The zero-order valence-electron chi connectivity index (χ0n) is 11.2. The number of aryl methyl sites for hydroxylation is 1. The summed E-state index contributed by atoms with van der Waals surface area (Å²) < 4.78 is 31.4.